The molecule has 0 aromatic rings. The summed E-state index contributed by atoms with van der Waals surface area (Å²) < 4.78 is 0. The average Bonchev–Trinajstić information content (AvgIpc) is 2.45. The lowest BCUT2D eigenvalue weighted by Crippen LogP contribution is -2.41. The van der Waals surface area contributed by atoms with Crippen molar-refractivity contribution in [3.05, 3.63) is 0 Å². The van der Waals surface area contributed by atoms with Gasteiger partial charge in [0.25, 0.3) is 0 Å². The van der Waals surface area contributed by atoms with Crippen LogP contribution < -0.4 is 11.3 Å². The van der Waals surface area contributed by atoms with Crippen molar-refractivity contribution in [2.75, 3.05) is 31.1 Å². The molecule has 1 aliphatic rings. The summed E-state index contributed by atoms with van der Waals surface area (Å²) in [6, 6.07) is 0. The highest BCUT2D eigenvalue weighted by atomic mass is 32.2. The molecule has 1 rings (SSSR count). The minimum absolute atomic E-state index is 0.0110. The fourth-order valence-electron chi connectivity index (χ4n) is 1.59. The maximum absolute atomic E-state index is 11.2. The highest BCUT2D eigenvalue weighted by Gasteiger charge is 2.17. The van der Waals surface area contributed by atoms with Gasteiger partial charge in [0.15, 0.2) is 0 Å². The van der Waals surface area contributed by atoms with Crippen LogP contribution in [0.15, 0.2) is 0 Å². The summed E-state index contributed by atoms with van der Waals surface area (Å²) in [5.74, 6) is 7.43. The maximum Gasteiger partial charge on any atom is 0.237 e. The van der Waals surface area contributed by atoms with E-state index in [0.717, 1.165) is 19.6 Å². The number of hydrogen-bond donors (Lipinski definition) is 2. The van der Waals surface area contributed by atoms with Crippen LogP contribution in [0.5, 0.6) is 0 Å². The Bertz CT molecular complexity index is 181. The molecule has 4 nitrogen and oxygen atoms in total. The fourth-order valence-corrected chi connectivity index (χ4v) is 2.52. The second-order valence-corrected chi connectivity index (χ2v) is 4.90. The molecule has 1 heterocycles. The molecule has 0 bridgehead atoms. The van der Waals surface area contributed by atoms with Crippen molar-refractivity contribution in [1.82, 2.24) is 10.3 Å². The number of amides is 1. The van der Waals surface area contributed by atoms with Gasteiger partial charge in [0.1, 0.15) is 0 Å². The van der Waals surface area contributed by atoms with Crippen molar-refractivity contribution in [2.24, 2.45) is 11.8 Å². The lowest BCUT2D eigenvalue weighted by Gasteiger charge is -2.22. The minimum Gasteiger partial charge on any atom is -0.302 e. The molecule has 0 aromatic heterocycles. The number of nitrogens with one attached hydrogen (secondary N) is 1. The van der Waals surface area contributed by atoms with Crippen molar-refractivity contribution in [1.29, 1.82) is 0 Å². The normalized spacial score (nSPS) is 21.3. The van der Waals surface area contributed by atoms with Crippen molar-refractivity contribution in [3.63, 3.8) is 0 Å². The van der Waals surface area contributed by atoms with Crippen LogP contribution in [0.3, 0.4) is 0 Å². The topological polar surface area (TPSA) is 58.4 Å². The van der Waals surface area contributed by atoms with Crippen LogP contribution in [-0.2, 0) is 4.79 Å². The van der Waals surface area contributed by atoms with Crippen molar-refractivity contribution in [3.8, 4) is 0 Å². The maximum atomic E-state index is 11.2. The van der Waals surface area contributed by atoms with Crippen LogP contribution in [0, 0.1) is 5.92 Å². The molecule has 3 N–H and O–H groups in total. The molecule has 5 heteroatoms. The van der Waals surface area contributed by atoms with Gasteiger partial charge in [-0.05, 0) is 18.7 Å². The van der Waals surface area contributed by atoms with Crippen molar-refractivity contribution in [2.45, 2.75) is 13.3 Å². The molecule has 0 aromatic carbocycles. The first-order valence-electron chi connectivity index (χ1n) is 5.04. The largest absolute Gasteiger partial charge is 0.302 e. The first kappa shape index (κ1) is 11.8. The van der Waals surface area contributed by atoms with E-state index in [4.69, 9.17) is 5.84 Å². The number of hydrogen-bond acceptors (Lipinski definition) is 4. The molecule has 1 atom stereocenters. The molecule has 0 spiro atoms. The Balaban J connectivity index is 2.30. The SMILES string of the molecule is CC(CN1CCCSCC1)C(=O)NN. The van der Waals surface area contributed by atoms with Gasteiger partial charge in [0.2, 0.25) is 5.91 Å². The monoisotopic (exact) mass is 217 g/mol. The van der Waals surface area contributed by atoms with Crippen LogP contribution in [0.2, 0.25) is 0 Å². The Hall–Kier alpha value is -0.260. The highest BCUT2D eigenvalue weighted by Crippen LogP contribution is 2.11. The Morgan fingerprint density at radius 1 is 1.57 bits per heavy atom. The van der Waals surface area contributed by atoms with E-state index >= 15 is 0 Å². The van der Waals surface area contributed by atoms with E-state index < -0.39 is 0 Å². The summed E-state index contributed by atoms with van der Waals surface area (Å²) in [5.41, 5.74) is 2.20. The molecule has 1 unspecified atom stereocenters. The average molecular weight is 217 g/mol. The Morgan fingerprint density at radius 2 is 2.36 bits per heavy atom. The second-order valence-electron chi connectivity index (χ2n) is 3.68. The van der Waals surface area contributed by atoms with Crippen LogP contribution in [0.1, 0.15) is 13.3 Å². The van der Waals surface area contributed by atoms with E-state index in [1.807, 2.05) is 18.7 Å². The van der Waals surface area contributed by atoms with E-state index in [9.17, 15) is 4.79 Å². The van der Waals surface area contributed by atoms with Gasteiger partial charge in [0.05, 0.1) is 0 Å². The van der Waals surface area contributed by atoms with Gasteiger partial charge >= 0.3 is 0 Å². The molecular formula is C9H19N3OS. The van der Waals surface area contributed by atoms with Crippen LogP contribution in [-0.4, -0.2) is 41.9 Å². The molecular weight excluding hydrogens is 198 g/mol. The smallest absolute Gasteiger partial charge is 0.237 e. The zero-order chi connectivity index (χ0) is 10.4. The minimum atomic E-state index is -0.0677. The van der Waals surface area contributed by atoms with E-state index in [1.165, 1.54) is 17.9 Å². The summed E-state index contributed by atoms with van der Waals surface area (Å²) in [7, 11) is 0. The number of thioether (sulfide) groups is 1. The molecule has 0 radical (unpaired) electrons. The van der Waals surface area contributed by atoms with Crippen LogP contribution in [0.25, 0.3) is 0 Å². The lowest BCUT2D eigenvalue weighted by atomic mass is 10.1. The standard InChI is InChI=1S/C9H19N3OS/c1-8(9(13)11-10)7-12-3-2-5-14-6-4-12/h8H,2-7,10H2,1H3,(H,11,13). The number of hydrazine groups is 1. The van der Waals surface area contributed by atoms with Crippen molar-refractivity contribution < 1.29 is 4.79 Å². The van der Waals surface area contributed by atoms with Crippen LogP contribution >= 0.6 is 11.8 Å². The third kappa shape index (κ3) is 3.86. The zero-order valence-electron chi connectivity index (χ0n) is 8.66. The molecule has 1 amide bonds. The summed E-state index contributed by atoms with van der Waals surface area (Å²) in [4.78, 5) is 13.6. The van der Waals surface area contributed by atoms with E-state index in [1.54, 1.807) is 0 Å². The summed E-state index contributed by atoms with van der Waals surface area (Å²) in [5, 5.41) is 0. The lowest BCUT2D eigenvalue weighted by molar-refractivity contribution is -0.125. The molecule has 0 aliphatic carbocycles. The zero-order valence-corrected chi connectivity index (χ0v) is 9.48. The quantitative estimate of drug-likeness (QED) is 0.398. The van der Waals surface area contributed by atoms with Gasteiger partial charge in [-0.3, -0.25) is 10.2 Å². The van der Waals surface area contributed by atoms with Gasteiger partial charge in [0, 0.05) is 24.8 Å². The summed E-state index contributed by atoms with van der Waals surface area (Å²) in [6.45, 7) is 4.94. The number of carbonyl (C=O) groups is 1. The number of rotatable bonds is 3. The molecule has 0 saturated carbocycles. The van der Waals surface area contributed by atoms with Gasteiger partial charge < -0.3 is 4.90 Å². The molecule has 82 valence electrons. The predicted molar refractivity (Wildman–Crippen MR) is 59.9 cm³/mol. The first-order chi connectivity index (χ1) is 6.74. The Morgan fingerprint density at radius 3 is 3.07 bits per heavy atom. The first-order valence-corrected chi connectivity index (χ1v) is 6.20. The highest BCUT2D eigenvalue weighted by molar-refractivity contribution is 7.99. The van der Waals surface area contributed by atoms with E-state index in [-0.39, 0.29) is 11.8 Å². The van der Waals surface area contributed by atoms with Gasteiger partial charge in [-0.25, -0.2) is 5.84 Å². The van der Waals surface area contributed by atoms with Crippen molar-refractivity contribution >= 4 is 17.7 Å². The predicted octanol–water partition coefficient (Wildman–Crippen LogP) is 0.0513. The van der Waals surface area contributed by atoms with Gasteiger partial charge in [-0.1, -0.05) is 6.92 Å². The Kier molecular flexibility index (Phi) is 5.29. The number of nitrogens with two attached hydrogens (primary N) is 1. The third-order valence-electron chi connectivity index (χ3n) is 2.44. The fraction of sp³-hybridized carbons (Fsp3) is 0.889. The number of nitrogens with zero attached hydrogens (tertiary/aromatic N) is 1. The number of carbonyl (C=O) groups excluding carboxylic acids is 1. The van der Waals surface area contributed by atoms with E-state index in [0.29, 0.717) is 0 Å². The molecule has 1 aliphatic heterocycles. The summed E-state index contributed by atoms with van der Waals surface area (Å²) in [6.07, 6.45) is 1.22. The summed E-state index contributed by atoms with van der Waals surface area (Å²) >= 11 is 1.99. The molecule has 1 saturated heterocycles. The third-order valence-corrected chi connectivity index (χ3v) is 3.49. The Labute approximate surface area is 89.6 Å². The second kappa shape index (κ2) is 6.27. The van der Waals surface area contributed by atoms with Gasteiger partial charge in [-0.15, -0.1) is 0 Å². The van der Waals surface area contributed by atoms with E-state index in [2.05, 4.69) is 10.3 Å². The molecule has 1 fully saturated rings. The molecule has 14 heavy (non-hydrogen) atoms. The van der Waals surface area contributed by atoms with Crippen LogP contribution in [0.4, 0.5) is 0 Å². The van der Waals surface area contributed by atoms with Gasteiger partial charge in [-0.2, -0.15) is 11.8 Å².